The molecule has 0 unspecified atom stereocenters. The number of carbonyl (C=O) groups excluding carboxylic acids is 1. The second-order valence-corrected chi connectivity index (χ2v) is 4.67. The normalized spacial score (nSPS) is 10.2. The predicted molar refractivity (Wildman–Crippen MR) is 75.6 cm³/mol. The van der Waals surface area contributed by atoms with E-state index in [1.165, 1.54) is 0 Å². The Morgan fingerprint density at radius 3 is 2.58 bits per heavy atom. The van der Waals surface area contributed by atoms with Gasteiger partial charge < -0.3 is 4.90 Å². The summed E-state index contributed by atoms with van der Waals surface area (Å²) < 4.78 is 0. The standard InChI is InChI=1S/C16H18N2O/c1-13-7-3-4-8-14(13)11-16(19)18(2)12-15-9-5-6-10-17-15/h3-10H,11-12H2,1-2H3. The summed E-state index contributed by atoms with van der Waals surface area (Å²) >= 11 is 0. The summed E-state index contributed by atoms with van der Waals surface area (Å²) in [6, 6.07) is 13.7. The van der Waals surface area contributed by atoms with Crippen molar-refractivity contribution in [2.75, 3.05) is 7.05 Å². The van der Waals surface area contributed by atoms with Gasteiger partial charge in [0.15, 0.2) is 0 Å². The van der Waals surface area contributed by atoms with Crippen LogP contribution in [0.15, 0.2) is 48.7 Å². The first-order chi connectivity index (χ1) is 9.16. The van der Waals surface area contributed by atoms with Crippen molar-refractivity contribution >= 4 is 5.91 Å². The molecule has 0 aliphatic carbocycles. The van der Waals surface area contributed by atoms with Gasteiger partial charge in [-0.25, -0.2) is 0 Å². The first kappa shape index (κ1) is 13.3. The van der Waals surface area contributed by atoms with Crippen molar-refractivity contribution in [2.24, 2.45) is 0 Å². The molecule has 0 saturated carbocycles. The van der Waals surface area contributed by atoms with Crippen LogP contribution in [-0.4, -0.2) is 22.8 Å². The SMILES string of the molecule is Cc1ccccc1CC(=O)N(C)Cc1ccccn1. The van der Waals surface area contributed by atoms with E-state index in [2.05, 4.69) is 4.98 Å². The third-order valence-electron chi connectivity index (χ3n) is 3.15. The zero-order valence-corrected chi connectivity index (χ0v) is 11.3. The Hall–Kier alpha value is -2.16. The van der Waals surface area contributed by atoms with Crippen LogP contribution < -0.4 is 0 Å². The molecule has 3 nitrogen and oxygen atoms in total. The van der Waals surface area contributed by atoms with E-state index in [0.29, 0.717) is 13.0 Å². The Balaban J connectivity index is 1.99. The number of carbonyl (C=O) groups is 1. The molecule has 0 aliphatic rings. The van der Waals surface area contributed by atoms with E-state index in [-0.39, 0.29) is 5.91 Å². The van der Waals surface area contributed by atoms with E-state index in [9.17, 15) is 4.79 Å². The molecule has 0 radical (unpaired) electrons. The average molecular weight is 254 g/mol. The van der Waals surface area contributed by atoms with Gasteiger partial charge in [0.2, 0.25) is 5.91 Å². The molecule has 0 fully saturated rings. The average Bonchev–Trinajstić information content (AvgIpc) is 2.42. The molecule has 0 atom stereocenters. The van der Waals surface area contributed by atoms with E-state index in [0.717, 1.165) is 16.8 Å². The minimum atomic E-state index is 0.111. The number of likely N-dealkylation sites (N-methyl/N-ethyl adjacent to an activating group) is 1. The molecular weight excluding hydrogens is 236 g/mol. The Kier molecular flexibility index (Phi) is 4.29. The third kappa shape index (κ3) is 3.65. The highest BCUT2D eigenvalue weighted by atomic mass is 16.2. The van der Waals surface area contributed by atoms with Gasteiger partial charge in [-0.15, -0.1) is 0 Å². The molecule has 2 aromatic rings. The minimum absolute atomic E-state index is 0.111. The van der Waals surface area contributed by atoms with Crippen molar-refractivity contribution in [3.05, 3.63) is 65.5 Å². The van der Waals surface area contributed by atoms with E-state index in [4.69, 9.17) is 0 Å². The second kappa shape index (κ2) is 6.14. The second-order valence-electron chi connectivity index (χ2n) is 4.67. The highest BCUT2D eigenvalue weighted by Crippen LogP contribution is 2.10. The van der Waals surface area contributed by atoms with E-state index < -0.39 is 0 Å². The third-order valence-corrected chi connectivity index (χ3v) is 3.15. The molecule has 98 valence electrons. The zero-order valence-electron chi connectivity index (χ0n) is 11.3. The molecule has 1 aromatic carbocycles. The molecule has 0 N–H and O–H groups in total. The molecule has 0 aliphatic heterocycles. The number of aromatic nitrogens is 1. The lowest BCUT2D eigenvalue weighted by Gasteiger charge is -2.17. The molecule has 0 bridgehead atoms. The van der Waals surface area contributed by atoms with Gasteiger partial charge in [0.1, 0.15) is 0 Å². The van der Waals surface area contributed by atoms with E-state index in [1.54, 1.807) is 11.1 Å². The van der Waals surface area contributed by atoms with Gasteiger partial charge >= 0.3 is 0 Å². The van der Waals surface area contributed by atoms with Gasteiger partial charge in [-0.2, -0.15) is 0 Å². The summed E-state index contributed by atoms with van der Waals surface area (Å²) in [6.45, 7) is 2.58. The molecule has 19 heavy (non-hydrogen) atoms. The molecule has 0 saturated heterocycles. The van der Waals surface area contributed by atoms with Gasteiger partial charge in [-0.3, -0.25) is 9.78 Å². The summed E-state index contributed by atoms with van der Waals surface area (Å²) in [6.07, 6.45) is 2.19. The summed E-state index contributed by atoms with van der Waals surface area (Å²) in [4.78, 5) is 18.1. The minimum Gasteiger partial charge on any atom is -0.340 e. The summed E-state index contributed by atoms with van der Waals surface area (Å²) in [7, 11) is 1.81. The molecule has 1 amide bonds. The van der Waals surface area contributed by atoms with Crippen molar-refractivity contribution in [1.82, 2.24) is 9.88 Å². The van der Waals surface area contributed by atoms with Crippen molar-refractivity contribution in [3.63, 3.8) is 0 Å². The zero-order chi connectivity index (χ0) is 13.7. The number of benzene rings is 1. The fraction of sp³-hybridized carbons (Fsp3) is 0.250. The summed E-state index contributed by atoms with van der Waals surface area (Å²) in [5, 5.41) is 0. The Morgan fingerprint density at radius 1 is 1.16 bits per heavy atom. The van der Waals surface area contributed by atoms with Crippen molar-refractivity contribution < 1.29 is 4.79 Å². The molecule has 0 spiro atoms. The number of nitrogens with zero attached hydrogens (tertiary/aromatic N) is 2. The number of hydrogen-bond acceptors (Lipinski definition) is 2. The smallest absolute Gasteiger partial charge is 0.227 e. The Labute approximate surface area is 113 Å². The topological polar surface area (TPSA) is 33.2 Å². The van der Waals surface area contributed by atoms with Crippen LogP contribution in [0.2, 0.25) is 0 Å². The lowest BCUT2D eigenvalue weighted by molar-refractivity contribution is -0.129. The first-order valence-corrected chi connectivity index (χ1v) is 6.35. The van der Waals surface area contributed by atoms with Crippen molar-refractivity contribution in [1.29, 1.82) is 0 Å². The van der Waals surface area contributed by atoms with Crippen LogP contribution >= 0.6 is 0 Å². The Bertz CT molecular complexity index is 552. The first-order valence-electron chi connectivity index (χ1n) is 6.35. The molecular formula is C16H18N2O. The maximum Gasteiger partial charge on any atom is 0.227 e. The number of aryl methyl sites for hydroxylation is 1. The maximum absolute atomic E-state index is 12.2. The lowest BCUT2D eigenvalue weighted by atomic mass is 10.1. The number of rotatable bonds is 4. The van der Waals surface area contributed by atoms with Crippen LogP contribution in [0.5, 0.6) is 0 Å². The highest BCUT2D eigenvalue weighted by Gasteiger charge is 2.11. The van der Waals surface area contributed by atoms with Crippen LogP contribution in [0.25, 0.3) is 0 Å². The molecule has 3 heteroatoms. The highest BCUT2D eigenvalue weighted by molar-refractivity contribution is 5.78. The van der Waals surface area contributed by atoms with Gasteiger partial charge in [-0.05, 0) is 30.2 Å². The fourth-order valence-electron chi connectivity index (χ4n) is 1.93. The monoisotopic (exact) mass is 254 g/mol. The van der Waals surface area contributed by atoms with Crippen LogP contribution in [0.1, 0.15) is 16.8 Å². The quantitative estimate of drug-likeness (QED) is 0.840. The lowest BCUT2D eigenvalue weighted by Crippen LogP contribution is -2.28. The maximum atomic E-state index is 12.2. The van der Waals surface area contributed by atoms with Gasteiger partial charge in [0.05, 0.1) is 18.7 Å². The van der Waals surface area contributed by atoms with E-state index in [1.807, 2.05) is 56.4 Å². The van der Waals surface area contributed by atoms with Gasteiger partial charge in [-0.1, -0.05) is 30.3 Å². The number of pyridine rings is 1. The van der Waals surface area contributed by atoms with Crippen LogP contribution in [0.4, 0.5) is 0 Å². The molecule has 2 rings (SSSR count). The largest absolute Gasteiger partial charge is 0.340 e. The van der Waals surface area contributed by atoms with Gasteiger partial charge in [0, 0.05) is 13.2 Å². The fourth-order valence-corrected chi connectivity index (χ4v) is 1.93. The van der Waals surface area contributed by atoms with E-state index >= 15 is 0 Å². The van der Waals surface area contributed by atoms with Crippen LogP contribution in [0, 0.1) is 6.92 Å². The molecule has 1 heterocycles. The molecule has 1 aromatic heterocycles. The Morgan fingerprint density at radius 2 is 1.89 bits per heavy atom. The van der Waals surface area contributed by atoms with Crippen molar-refractivity contribution in [2.45, 2.75) is 19.9 Å². The number of amides is 1. The predicted octanol–water partition coefficient (Wildman–Crippen LogP) is 2.59. The van der Waals surface area contributed by atoms with Crippen molar-refractivity contribution in [3.8, 4) is 0 Å². The summed E-state index contributed by atoms with van der Waals surface area (Å²) in [5.74, 6) is 0.111. The summed E-state index contributed by atoms with van der Waals surface area (Å²) in [5.41, 5.74) is 3.14. The van der Waals surface area contributed by atoms with Crippen LogP contribution in [0.3, 0.4) is 0 Å². The van der Waals surface area contributed by atoms with Gasteiger partial charge in [0.25, 0.3) is 0 Å². The number of hydrogen-bond donors (Lipinski definition) is 0. The van der Waals surface area contributed by atoms with Crippen LogP contribution in [-0.2, 0) is 17.8 Å².